The molecule has 26 heavy (non-hydrogen) atoms. The van der Waals surface area contributed by atoms with Crippen molar-refractivity contribution >= 4 is 43.6 Å². The van der Waals surface area contributed by atoms with Crippen LogP contribution in [0, 0.1) is 0 Å². The van der Waals surface area contributed by atoms with Gasteiger partial charge in [-0.05, 0) is 64.1 Å². The van der Waals surface area contributed by atoms with Gasteiger partial charge in [-0.3, -0.25) is 0 Å². The van der Waals surface area contributed by atoms with E-state index in [0.29, 0.717) is 0 Å². The molecule has 0 aliphatic heterocycles. The normalized spacial score (nSPS) is 17.1. The van der Waals surface area contributed by atoms with Gasteiger partial charge in [-0.25, -0.2) is 0 Å². The van der Waals surface area contributed by atoms with Gasteiger partial charge < -0.3 is 4.84 Å². The summed E-state index contributed by atoms with van der Waals surface area (Å²) >= 11 is 0. The van der Waals surface area contributed by atoms with Crippen LogP contribution in [0.1, 0.15) is 31.7 Å². The van der Waals surface area contributed by atoms with Crippen molar-refractivity contribution in [1.29, 1.82) is 0 Å². The molecule has 0 aromatic heterocycles. The molecule has 0 saturated carbocycles. The second-order valence-corrected chi connectivity index (χ2v) is 7.20. The Hall–Kier alpha value is -2.87. The minimum atomic E-state index is 0.975. The number of nitrogens with zero attached hydrogens (tertiary/aromatic N) is 1. The van der Waals surface area contributed by atoms with Crippen LogP contribution >= 0.6 is 0 Å². The van der Waals surface area contributed by atoms with Gasteiger partial charge in [0.25, 0.3) is 0 Å². The fourth-order valence-electron chi connectivity index (χ4n) is 4.56. The van der Waals surface area contributed by atoms with Crippen molar-refractivity contribution in [2.45, 2.75) is 26.2 Å². The summed E-state index contributed by atoms with van der Waals surface area (Å²) in [5.41, 5.74) is 5.04. The molecule has 2 nitrogen and oxygen atoms in total. The van der Waals surface area contributed by atoms with Gasteiger partial charge in [-0.1, -0.05) is 65.3 Å². The van der Waals surface area contributed by atoms with E-state index in [1.165, 1.54) is 49.0 Å². The molecule has 128 valence electrons. The van der Waals surface area contributed by atoms with Crippen molar-refractivity contribution in [2.75, 3.05) is 7.11 Å². The Morgan fingerprint density at radius 1 is 0.808 bits per heavy atom. The molecule has 0 N–H and O–H groups in total. The lowest BCUT2D eigenvalue weighted by Gasteiger charge is -2.22. The molecule has 0 saturated heterocycles. The number of oxime groups is 1. The second-order valence-electron chi connectivity index (χ2n) is 7.20. The summed E-state index contributed by atoms with van der Waals surface area (Å²) in [7, 11) is 1.64. The van der Waals surface area contributed by atoms with Gasteiger partial charge in [-0.2, -0.15) is 0 Å². The Morgan fingerprint density at radius 2 is 1.50 bits per heavy atom. The number of rotatable bonds is 2. The summed E-state index contributed by atoms with van der Waals surface area (Å²) in [5, 5.41) is 12.3. The lowest BCUT2D eigenvalue weighted by atomic mass is 9.83. The van der Waals surface area contributed by atoms with Crippen LogP contribution in [0.3, 0.4) is 0 Å². The predicted molar refractivity (Wildman–Crippen MR) is 111 cm³/mol. The highest BCUT2D eigenvalue weighted by Crippen LogP contribution is 2.40. The van der Waals surface area contributed by atoms with Crippen molar-refractivity contribution in [3.8, 4) is 0 Å². The van der Waals surface area contributed by atoms with Crippen molar-refractivity contribution in [1.82, 2.24) is 0 Å². The summed E-state index contributed by atoms with van der Waals surface area (Å²) in [6.45, 7) is 2.23. The van der Waals surface area contributed by atoms with Crippen molar-refractivity contribution in [3.05, 3.63) is 65.7 Å². The molecule has 0 amide bonds. The number of benzene rings is 4. The van der Waals surface area contributed by atoms with Gasteiger partial charge in [-0.15, -0.1) is 0 Å². The highest BCUT2D eigenvalue weighted by atomic mass is 16.6. The van der Waals surface area contributed by atoms with Gasteiger partial charge >= 0.3 is 0 Å². The molecule has 0 spiro atoms. The lowest BCUT2D eigenvalue weighted by molar-refractivity contribution is 0.213. The van der Waals surface area contributed by atoms with Crippen LogP contribution in [0.15, 0.2) is 65.3 Å². The fraction of sp³-hybridized carbons (Fsp3) is 0.208. The van der Waals surface area contributed by atoms with E-state index in [4.69, 9.17) is 4.84 Å². The average Bonchev–Trinajstić information content (AvgIpc) is 2.67. The van der Waals surface area contributed by atoms with E-state index in [1.807, 2.05) is 0 Å². The summed E-state index contributed by atoms with van der Waals surface area (Å²) in [5.74, 6) is 0. The SMILES string of the molecule is CO/N=C1\CCCC(C)=C1c1ccc2ccc3cccc4ccc1c2c34. The first-order chi connectivity index (χ1) is 12.8. The van der Waals surface area contributed by atoms with Crippen LogP contribution in [-0.2, 0) is 4.84 Å². The Bertz CT molecular complexity index is 1180. The van der Waals surface area contributed by atoms with E-state index in [2.05, 4.69) is 66.7 Å². The summed E-state index contributed by atoms with van der Waals surface area (Å²) in [4.78, 5) is 5.16. The maximum atomic E-state index is 5.16. The highest BCUT2D eigenvalue weighted by molar-refractivity contribution is 6.31. The third kappa shape index (κ3) is 2.15. The molecular weight excluding hydrogens is 318 g/mol. The molecule has 1 aliphatic rings. The van der Waals surface area contributed by atoms with Gasteiger partial charge in [0.1, 0.15) is 7.11 Å². The maximum Gasteiger partial charge on any atom is 0.106 e. The van der Waals surface area contributed by atoms with E-state index in [9.17, 15) is 0 Å². The molecule has 4 aromatic rings. The molecule has 2 heteroatoms. The van der Waals surface area contributed by atoms with Crippen molar-refractivity contribution < 1.29 is 4.84 Å². The number of hydrogen-bond acceptors (Lipinski definition) is 2. The van der Waals surface area contributed by atoms with Gasteiger partial charge in [0.05, 0.1) is 5.71 Å². The Kier molecular flexibility index (Phi) is 3.46. The van der Waals surface area contributed by atoms with Gasteiger partial charge in [0.2, 0.25) is 0 Å². The minimum absolute atomic E-state index is 0.975. The molecule has 0 heterocycles. The van der Waals surface area contributed by atoms with Crippen molar-refractivity contribution in [2.24, 2.45) is 5.16 Å². The van der Waals surface area contributed by atoms with E-state index < -0.39 is 0 Å². The molecule has 0 unspecified atom stereocenters. The Morgan fingerprint density at radius 3 is 2.27 bits per heavy atom. The first-order valence-corrected chi connectivity index (χ1v) is 9.25. The third-order valence-electron chi connectivity index (χ3n) is 5.68. The van der Waals surface area contributed by atoms with Crippen molar-refractivity contribution in [3.63, 3.8) is 0 Å². The summed E-state index contributed by atoms with van der Waals surface area (Å²) in [6.07, 6.45) is 3.24. The van der Waals surface area contributed by atoms with Crippen LogP contribution in [0.25, 0.3) is 37.9 Å². The molecule has 0 fully saturated rings. The molecular formula is C24H21NO. The van der Waals surface area contributed by atoms with Gasteiger partial charge in [0.15, 0.2) is 0 Å². The lowest BCUT2D eigenvalue weighted by Crippen LogP contribution is -2.11. The molecule has 1 aliphatic carbocycles. The van der Waals surface area contributed by atoms with E-state index in [1.54, 1.807) is 7.11 Å². The first-order valence-electron chi connectivity index (χ1n) is 9.25. The quantitative estimate of drug-likeness (QED) is 0.300. The Labute approximate surface area is 153 Å². The van der Waals surface area contributed by atoms with Crippen LogP contribution in [-0.4, -0.2) is 12.8 Å². The predicted octanol–water partition coefficient (Wildman–Crippen LogP) is 6.54. The van der Waals surface area contributed by atoms with Gasteiger partial charge in [0, 0.05) is 5.57 Å². The molecule has 4 aromatic carbocycles. The largest absolute Gasteiger partial charge is 0.399 e. The first kappa shape index (κ1) is 15.4. The van der Waals surface area contributed by atoms with E-state index >= 15 is 0 Å². The van der Waals surface area contributed by atoms with Crippen LogP contribution in [0.2, 0.25) is 0 Å². The molecule has 5 rings (SSSR count). The number of hydrogen-bond donors (Lipinski definition) is 0. The van der Waals surface area contributed by atoms with Crippen LogP contribution in [0.5, 0.6) is 0 Å². The molecule has 0 radical (unpaired) electrons. The molecule has 0 atom stereocenters. The average molecular weight is 339 g/mol. The summed E-state index contributed by atoms with van der Waals surface area (Å²) in [6, 6.07) is 20.1. The summed E-state index contributed by atoms with van der Waals surface area (Å²) < 4.78 is 0. The zero-order chi connectivity index (χ0) is 17.7. The highest BCUT2D eigenvalue weighted by Gasteiger charge is 2.21. The van der Waals surface area contributed by atoms with Crippen LogP contribution < -0.4 is 0 Å². The fourth-order valence-corrected chi connectivity index (χ4v) is 4.56. The second kappa shape index (κ2) is 5.84. The smallest absolute Gasteiger partial charge is 0.106 e. The standard InChI is InChI=1S/C24H21NO/c1-15-5-3-8-21(25-26-2)22(15)19-13-12-18-10-9-16-6-4-7-17-11-14-20(19)24(18)23(16)17/h4,6-7,9-14H,3,5,8H2,1-2H3/b25-21+. The molecule has 0 bridgehead atoms. The Balaban J connectivity index is 1.91. The zero-order valence-electron chi connectivity index (χ0n) is 15.2. The monoisotopic (exact) mass is 339 g/mol. The minimum Gasteiger partial charge on any atom is -0.399 e. The third-order valence-corrected chi connectivity index (χ3v) is 5.68. The van der Waals surface area contributed by atoms with E-state index in [0.717, 1.165) is 25.0 Å². The van der Waals surface area contributed by atoms with E-state index in [-0.39, 0.29) is 0 Å². The van der Waals surface area contributed by atoms with Crippen LogP contribution in [0.4, 0.5) is 0 Å². The topological polar surface area (TPSA) is 21.6 Å². The zero-order valence-corrected chi connectivity index (χ0v) is 15.2. The number of allylic oxidation sites excluding steroid dienone is 2. The maximum absolute atomic E-state index is 5.16.